The molecule has 1 N–H and O–H groups in total. The molecule has 1 aromatic rings. The normalized spacial score (nSPS) is 20.0. The van der Waals surface area contributed by atoms with Crippen molar-refractivity contribution < 1.29 is 14.3 Å². The van der Waals surface area contributed by atoms with Crippen molar-refractivity contribution in [1.29, 1.82) is 0 Å². The molecule has 86 valence electrons. The van der Waals surface area contributed by atoms with Gasteiger partial charge in [0, 0.05) is 17.5 Å². The van der Waals surface area contributed by atoms with E-state index in [0.29, 0.717) is 11.1 Å². The zero-order chi connectivity index (χ0) is 11.9. The van der Waals surface area contributed by atoms with Crippen LogP contribution >= 0.6 is 0 Å². The number of aromatic hydroxyl groups is 1. The molecule has 0 heterocycles. The maximum atomic E-state index is 13.7. The molecule has 1 unspecified atom stereocenters. The second-order valence-electron chi connectivity index (χ2n) is 4.58. The Morgan fingerprint density at radius 3 is 2.75 bits per heavy atom. The number of phenols is 1. The number of hydrogen-bond donors (Lipinski definition) is 1. The Hall–Kier alpha value is -1.38. The van der Waals surface area contributed by atoms with Gasteiger partial charge in [-0.15, -0.1) is 0 Å². The predicted molar refractivity (Wildman–Crippen MR) is 59.6 cm³/mol. The van der Waals surface area contributed by atoms with Crippen LogP contribution in [-0.2, 0) is 0 Å². The minimum Gasteiger partial charge on any atom is -0.508 e. The van der Waals surface area contributed by atoms with Gasteiger partial charge >= 0.3 is 0 Å². The van der Waals surface area contributed by atoms with Gasteiger partial charge < -0.3 is 5.11 Å². The lowest BCUT2D eigenvalue weighted by Gasteiger charge is -2.23. The van der Waals surface area contributed by atoms with E-state index >= 15 is 0 Å². The predicted octanol–water partition coefficient (Wildman–Crippen LogP) is 3.50. The molecule has 1 atom stereocenters. The largest absolute Gasteiger partial charge is 0.508 e. The topological polar surface area (TPSA) is 37.3 Å². The lowest BCUT2D eigenvalue weighted by Crippen LogP contribution is -2.16. The summed E-state index contributed by atoms with van der Waals surface area (Å²) in [5.74, 6) is 0.141. The third-order valence-electron chi connectivity index (χ3n) is 3.05. The van der Waals surface area contributed by atoms with E-state index in [0.717, 1.165) is 5.56 Å². The van der Waals surface area contributed by atoms with Crippen molar-refractivity contribution >= 4 is 5.78 Å². The Labute approximate surface area is 94.1 Å². The molecule has 1 aromatic carbocycles. The zero-order valence-electron chi connectivity index (χ0n) is 9.46. The molecule has 2 nitrogen and oxygen atoms in total. The summed E-state index contributed by atoms with van der Waals surface area (Å²) in [5, 5.41) is 9.54. The van der Waals surface area contributed by atoms with Crippen molar-refractivity contribution in [2.75, 3.05) is 0 Å². The third kappa shape index (κ3) is 1.70. The fourth-order valence-electron chi connectivity index (χ4n) is 2.23. The maximum Gasteiger partial charge on any atom is 0.163 e. The minimum atomic E-state index is -1.13. The van der Waals surface area contributed by atoms with Crippen molar-refractivity contribution in [2.45, 2.75) is 38.8 Å². The highest BCUT2D eigenvalue weighted by atomic mass is 19.1. The van der Waals surface area contributed by atoms with Crippen LogP contribution in [0.3, 0.4) is 0 Å². The number of phenolic OH excluding ortho intramolecular Hbond substituents is 1. The van der Waals surface area contributed by atoms with E-state index in [9.17, 15) is 14.3 Å². The number of Topliss-reactive ketones (excluding diaryl/α,β-unsaturated/α-hetero) is 1. The standard InChI is InChI=1S/C13H15FO2/c1-7(2)9-5-8(15)6-10-11(14)3-4-12(16)13(9)10/h5-7,11,15H,3-4H2,1-2H3. The first-order valence-electron chi connectivity index (χ1n) is 5.54. The van der Waals surface area contributed by atoms with Crippen LogP contribution in [0, 0.1) is 0 Å². The van der Waals surface area contributed by atoms with Crippen LogP contribution in [0.1, 0.15) is 60.3 Å². The number of ketones is 1. The molecule has 0 bridgehead atoms. The first-order chi connectivity index (χ1) is 7.50. The summed E-state index contributed by atoms with van der Waals surface area (Å²) in [6.45, 7) is 3.87. The van der Waals surface area contributed by atoms with Gasteiger partial charge in [-0.1, -0.05) is 13.8 Å². The molecule has 1 aliphatic rings. The Kier molecular flexibility index (Phi) is 2.70. The van der Waals surface area contributed by atoms with Gasteiger partial charge in [0.15, 0.2) is 5.78 Å². The molecule has 0 amide bonds. The van der Waals surface area contributed by atoms with Gasteiger partial charge in [-0.3, -0.25) is 4.79 Å². The van der Waals surface area contributed by atoms with Gasteiger partial charge in [0.05, 0.1) is 0 Å². The summed E-state index contributed by atoms with van der Waals surface area (Å²) in [4.78, 5) is 11.8. The quantitative estimate of drug-likeness (QED) is 0.789. The van der Waals surface area contributed by atoms with E-state index in [1.54, 1.807) is 6.07 Å². The summed E-state index contributed by atoms with van der Waals surface area (Å²) in [6, 6.07) is 2.95. The summed E-state index contributed by atoms with van der Waals surface area (Å²) in [5.41, 5.74) is 1.61. The van der Waals surface area contributed by atoms with Gasteiger partial charge in [0.1, 0.15) is 11.9 Å². The van der Waals surface area contributed by atoms with Gasteiger partial charge in [0.25, 0.3) is 0 Å². The van der Waals surface area contributed by atoms with Crippen LogP contribution in [0.4, 0.5) is 4.39 Å². The number of rotatable bonds is 1. The second-order valence-corrected chi connectivity index (χ2v) is 4.58. The molecule has 16 heavy (non-hydrogen) atoms. The highest BCUT2D eigenvalue weighted by Crippen LogP contribution is 2.38. The number of benzene rings is 1. The van der Waals surface area contributed by atoms with Crippen molar-refractivity contribution in [3.8, 4) is 5.75 Å². The van der Waals surface area contributed by atoms with Gasteiger partial charge in [-0.2, -0.15) is 0 Å². The molecule has 0 radical (unpaired) electrons. The molecule has 0 aromatic heterocycles. The minimum absolute atomic E-state index is 0.00685. The summed E-state index contributed by atoms with van der Waals surface area (Å²) < 4.78 is 13.7. The average molecular weight is 222 g/mol. The summed E-state index contributed by atoms with van der Waals surface area (Å²) >= 11 is 0. The SMILES string of the molecule is CC(C)c1cc(O)cc2c1C(=O)CCC2F. The van der Waals surface area contributed by atoms with E-state index < -0.39 is 6.17 Å². The Morgan fingerprint density at radius 1 is 1.44 bits per heavy atom. The number of fused-ring (bicyclic) bond motifs is 1. The molecule has 0 spiro atoms. The summed E-state index contributed by atoms with van der Waals surface area (Å²) in [6.07, 6.45) is -0.636. The Bertz CT molecular complexity index is 421. The Balaban J connectivity index is 2.68. The van der Waals surface area contributed by atoms with Crippen LogP contribution in [-0.4, -0.2) is 10.9 Å². The first-order valence-corrected chi connectivity index (χ1v) is 5.54. The van der Waals surface area contributed by atoms with E-state index in [1.165, 1.54) is 6.07 Å². The lowest BCUT2D eigenvalue weighted by molar-refractivity contribution is 0.0947. The summed E-state index contributed by atoms with van der Waals surface area (Å²) in [7, 11) is 0. The molecule has 0 fully saturated rings. The van der Waals surface area contributed by atoms with E-state index in [-0.39, 0.29) is 30.3 Å². The monoisotopic (exact) mass is 222 g/mol. The molecule has 0 saturated heterocycles. The molecule has 2 rings (SSSR count). The van der Waals surface area contributed by atoms with Gasteiger partial charge in [-0.05, 0) is 30.0 Å². The van der Waals surface area contributed by atoms with Crippen LogP contribution in [0.5, 0.6) is 5.75 Å². The smallest absolute Gasteiger partial charge is 0.163 e. The van der Waals surface area contributed by atoms with E-state index in [2.05, 4.69) is 0 Å². The van der Waals surface area contributed by atoms with E-state index in [4.69, 9.17) is 0 Å². The van der Waals surface area contributed by atoms with Crippen LogP contribution in [0.25, 0.3) is 0 Å². The van der Waals surface area contributed by atoms with Gasteiger partial charge in [-0.25, -0.2) is 4.39 Å². The molecule has 0 saturated carbocycles. The fraction of sp³-hybridized carbons (Fsp3) is 0.462. The highest BCUT2D eigenvalue weighted by molar-refractivity contribution is 6.00. The number of carbonyl (C=O) groups excluding carboxylic acids is 1. The first kappa shape index (κ1) is 11.1. The average Bonchev–Trinajstić information content (AvgIpc) is 2.22. The lowest BCUT2D eigenvalue weighted by atomic mass is 9.83. The van der Waals surface area contributed by atoms with Crippen molar-refractivity contribution in [2.24, 2.45) is 0 Å². The second kappa shape index (κ2) is 3.89. The molecular formula is C13H15FO2. The molecule has 0 aliphatic heterocycles. The molecule has 1 aliphatic carbocycles. The van der Waals surface area contributed by atoms with Crippen LogP contribution in [0.15, 0.2) is 12.1 Å². The zero-order valence-corrected chi connectivity index (χ0v) is 9.46. The number of carbonyl (C=O) groups is 1. The van der Waals surface area contributed by atoms with Crippen molar-refractivity contribution in [1.82, 2.24) is 0 Å². The number of halogens is 1. The number of hydrogen-bond acceptors (Lipinski definition) is 2. The Morgan fingerprint density at radius 2 is 2.12 bits per heavy atom. The van der Waals surface area contributed by atoms with Crippen molar-refractivity contribution in [3.63, 3.8) is 0 Å². The highest BCUT2D eigenvalue weighted by Gasteiger charge is 2.29. The van der Waals surface area contributed by atoms with Crippen molar-refractivity contribution in [3.05, 3.63) is 28.8 Å². The number of alkyl halides is 1. The maximum absolute atomic E-state index is 13.7. The third-order valence-corrected chi connectivity index (χ3v) is 3.05. The molecular weight excluding hydrogens is 207 g/mol. The van der Waals surface area contributed by atoms with E-state index in [1.807, 2.05) is 13.8 Å². The van der Waals surface area contributed by atoms with Crippen LogP contribution < -0.4 is 0 Å². The van der Waals surface area contributed by atoms with Gasteiger partial charge in [0.2, 0.25) is 0 Å². The fourth-order valence-corrected chi connectivity index (χ4v) is 2.23. The molecule has 3 heteroatoms. The van der Waals surface area contributed by atoms with Crippen LogP contribution in [0.2, 0.25) is 0 Å².